The molecule has 2 atom stereocenters. The minimum absolute atomic E-state index is 0.0688. The molecule has 0 saturated carbocycles. The highest BCUT2D eigenvalue weighted by molar-refractivity contribution is 5.72. The van der Waals surface area contributed by atoms with E-state index in [1.807, 2.05) is 30.3 Å². The van der Waals surface area contributed by atoms with Crippen molar-refractivity contribution < 1.29 is 19.4 Å². The van der Waals surface area contributed by atoms with Gasteiger partial charge in [0.2, 0.25) is 0 Å². The number of benzene rings is 1. The summed E-state index contributed by atoms with van der Waals surface area (Å²) in [6, 6.07) is 9.71. The minimum Gasteiger partial charge on any atom is -0.457 e. The zero-order chi connectivity index (χ0) is 11.4. The summed E-state index contributed by atoms with van der Waals surface area (Å²) in [4.78, 5) is 10.9. The standard InChI is InChI=1S/C12H14O4/c13-10-6-12(14)16-11(10)8-15-7-9-4-2-1-3-5-9/h1-5,10-11,13H,6-8H2. The normalized spacial score (nSPS) is 24.4. The van der Waals surface area contributed by atoms with E-state index in [2.05, 4.69) is 0 Å². The molecule has 4 nitrogen and oxygen atoms in total. The number of rotatable bonds is 4. The summed E-state index contributed by atoms with van der Waals surface area (Å²) in [5, 5.41) is 9.43. The van der Waals surface area contributed by atoms with Crippen LogP contribution in [-0.2, 0) is 20.9 Å². The van der Waals surface area contributed by atoms with E-state index < -0.39 is 12.2 Å². The lowest BCUT2D eigenvalue weighted by molar-refractivity contribution is -0.144. The Kier molecular flexibility index (Phi) is 3.54. The number of hydrogen-bond donors (Lipinski definition) is 1. The predicted octanol–water partition coefficient (Wildman–Crippen LogP) is 0.880. The maximum atomic E-state index is 10.9. The summed E-state index contributed by atoms with van der Waals surface area (Å²) >= 11 is 0. The van der Waals surface area contributed by atoms with Gasteiger partial charge in [-0.25, -0.2) is 0 Å². The van der Waals surface area contributed by atoms with E-state index in [1.54, 1.807) is 0 Å². The second-order valence-electron chi connectivity index (χ2n) is 3.80. The first-order valence-electron chi connectivity index (χ1n) is 5.25. The van der Waals surface area contributed by atoms with Gasteiger partial charge in [-0.15, -0.1) is 0 Å². The van der Waals surface area contributed by atoms with E-state index >= 15 is 0 Å². The smallest absolute Gasteiger partial charge is 0.309 e. The number of carbonyl (C=O) groups is 1. The molecule has 16 heavy (non-hydrogen) atoms. The SMILES string of the molecule is O=C1CC(O)C(COCc2ccccc2)O1. The van der Waals surface area contributed by atoms with E-state index in [1.165, 1.54) is 0 Å². The zero-order valence-electron chi connectivity index (χ0n) is 8.83. The van der Waals surface area contributed by atoms with Crippen molar-refractivity contribution in [2.75, 3.05) is 6.61 Å². The van der Waals surface area contributed by atoms with Gasteiger partial charge in [0.25, 0.3) is 0 Å². The highest BCUT2D eigenvalue weighted by Crippen LogP contribution is 2.15. The van der Waals surface area contributed by atoms with Crippen LogP contribution in [0.4, 0.5) is 0 Å². The van der Waals surface area contributed by atoms with Gasteiger partial charge in [-0.2, -0.15) is 0 Å². The molecule has 1 fully saturated rings. The fourth-order valence-electron chi connectivity index (χ4n) is 1.61. The van der Waals surface area contributed by atoms with E-state index in [4.69, 9.17) is 9.47 Å². The molecule has 86 valence electrons. The number of esters is 1. The highest BCUT2D eigenvalue weighted by Gasteiger charge is 2.33. The molecule has 0 aliphatic carbocycles. The first-order valence-corrected chi connectivity index (χ1v) is 5.25. The van der Waals surface area contributed by atoms with Gasteiger partial charge >= 0.3 is 5.97 Å². The molecule has 2 unspecified atom stereocenters. The maximum absolute atomic E-state index is 10.9. The van der Waals surface area contributed by atoms with Crippen LogP contribution in [0.3, 0.4) is 0 Å². The Bertz CT molecular complexity index is 349. The summed E-state index contributed by atoms with van der Waals surface area (Å²) in [6.07, 6.45) is -1.18. The van der Waals surface area contributed by atoms with Crippen LogP contribution < -0.4 is 0 Å². The molecule has 0 aromatic heterocycles. The number of ether oxygens (including phenoxy) is 2. The summed E-state index contributed by atoms with van der Waals surface area (Å²) < 4.78 is 10.3. The number of aliphatic hydroxyl groups excluding tert-OH is 1. The Morgan fingerprint density at radius 1 is 1.38 bits per heavy atom. The molecule has 1 aliphatic rings. The first kappa shape index (κ1) is 11.1. The molecule has 0 radical (unpaired) electrons. The second-order valence-corrected chi connectivity index (χ2v) is 3.80. The third-order valence-corrected chi connectivity index (χ3v) is 2.48. The first-order chi connectivity index (χ1) is 7.75. The number of carbonyl (C=O) groups excluding carboxylic acids is 1. The van der Waals surface area contributed by atoms with Crippen molar-refractivity contribution in [3.63, 3.8) is 0 Å². The van der Waals surface area contributed by atoms with Crippen LogP contribution in [0.15, 0.2) is 30.3 Å². The summed E-state index contributed by atoms with van der Waals surface area (Å²) in [7, 11) is 0. The zero-order valence-corrected chi connectivity index (χ0v) is 8.83. The summed E-state index contributed by atoms with van der Waals surface area (Å²) in [5.41, 5.74) is 1.06. The van der Waals surface area contributed by atoms with E-state index in [9.17, 15) is 9.90 Å². The van der Waals surface area contributed by atoms with Gasteiger partial charge in [-0.3, -0.25) is 4.79 Å². The molecule has 4 heteroatoms. The quantitative estimate of drug-likeness (QED) is 0.768. The Labute approximate surface area is 93.8 Å². The molecule has 1 aromatic carbocycles. The molecule has 1 heterocycles. The van der Waals surface area contributed by atoms with Crippen molar-refractivity contribution in [1.29, 1.82) is 0 Å². The van der Waals surface area contributed by atoms with Crippen molar-refractivity contribution >= 4 is 5.97 Å². The molecular formula is C12H14O4. The Morgan fingerprint density at radius 2 is 2.12 bits per heavy atom. The Balaban J connectivity index is 1.74. The number of hydrogen-bond acceptors (Lipinski definition) is 4. The van der Waals surface area contributed by atoms with Crippen molar-refractivity contribution in [3.8, 4) is 0 Å². The molecular weight excluding hydrogens is 208 g/mol. The molecule has 1 aliphatic heterocycles. The summed E-state index contributed by atoms with van der Waals surface area (Å²) in [6.45, 7) is 0.698. The van der Waals surface area contributed by atoms with Gasteiger partial charge in [0.1, 0.15) is 6.10 Å². The number of cyclic esters (lactones) is 1. The van der Waals surface area contributed by atoms with E-state index in [0.717, 1.165) is 5.56 Å². The lowest BCUT2D eigenvalue weighted by atomic mass is 10.2. The predicted molar refractivity (Wildman–Crippen MR) is 56.6 cm³/mol. The van der Waals surface area contributed by atoms with Crippen molar-refractivity contribution in [2.45, 2.75) is 25.2 Å². The maximum Gasteiger partial charge on any atom is 0.309 e. The molecule has 1 aromatic rings. The molecule has 1 N–H and O–H groups in total. The van der Waals surface area contributed by atoms with Crippen molar-refractivity contribution in [3.05, 3.63) is 35.9 Å². The van der Waals surface area contributed by atoms with Crippen LogP contribution in [-0.4, -0.2) is 29.9 Å². The van der Waals surface area contributed by atoms with Crippen LogP contribution in [0.1, 0.15) is 12.0 Å². The monoisotopic (exact) mass is 222 g/mol. The molecule has 0 spiro atoms. The third-order valence-electron chi connectivity index (χ3n) is 2.48. The van der Waals surface area contributed by atoms with Crippen LogP contribution in [0.5, 0.6) is 0 Å². The van der Waals surface area contributed by atoms with Crippen LogP contribution >= 0.6 is 0 Å². The van der Waals surface area contributed by atoms with Crippen LogP contribution in [0.2, 0.25) is 0 Å². The lowest BCUT2D eigenvalue weighted by Crippen LogP contribution is -2.26. The van der Waals surface area contributed by atoms with Crippen LogP contribution in [0, 0.1) is 0 Å². The molecule has 2 rings (SSSR count). The second kappa shape index (κ2) is 5.09. The average molecular weight is 222 g/mol. The van der Waals surface area contributed by atoms with E-state index in [0.29, 0.717) is 6.61 Å². The Morgan fingerprint density at radius 3 is 2.75 bits per heavy atom. The van der Waals surface area contributed by atoms with Gasteiger partial charge in [0, 0.05) is 0 Å². The highest BCUT2D eigenvalue weighted by atomic mass is 16.6. The minimum atomic E-state index is -0.733. The molecule has 1 saturated heterocycles. The third kappa shape index (κ3) is 2.81. The van der Waals surface area contributed by atoms with Crippen molar-refractivity contribution in [1.82, 2.24) is 0 Å². The van der Waals surface area contributed by atoms with Crippen LogP contribution in [0.25, 0.3) is 0 Å². The fraction of sp³-hybridized carbons (Fsp3) is 0.417. The lowest BCUT2D eigenvalue weighted by Gasteiger charge is -2.13. The van der Waals surface area contributed by atoms with Gasteiger partial charge in [-0.1, -0.05) is 30.3 Å². The average Bonchev–Trinajstić information content (AvgIpc) is 2.59. The fourth-order valence-corrected chi connectivity index (χ4v) is 1.61. The molecule has 0 amide bonds. The molecule has 0 bridgehead atoms. The van der Waals surface area contributed by atoms with Gasteiger partial charge in [-0.05, 0) is 5.56 Å². The largest absolute Gasteiger partial charge is 0.457 e. The van der Waals surface area contributed by atoms with Crippen molar-refractivity contribution in [2.24, 2.45) is 0 Å². The Hall–Kier alpha value is -1.39. The summed E-state index contributed by atoms with van der Waals surface area (Å²) in [5.74, 6) is -0.360. The number of aliphatic hydroxyl groups is 1. The van der Waals surface area contributed by atoms with Gasteiger partial charge in [0.05, 0.1) is 19.6 Å². The van der Waals surface area contributed by atoms with Gasteiger partial charge in [0.15, 0.2) is 6.10 Å². The topological polar surface area (TPSA) is 55.8 Å². The van der Waals surface area contributed by atoms with Gasteiger partial charge < -0.3 is 14.6 Å². The van der Waals surface area contributed by atoms with E-state index in [-0.39, 0.29) is 19.0 Å².